The van der Waals surface area contributed by atoms with Crippen molar-refractivity contribution in [3.05, 3.63) is 52.4 Å². The van der Waals surface area contributed by atoms with Gasteiger partial charge in [0.25, 0.3) is 0 Å². The standard InChI is InChI=1S/C14H16ClNO2S2/c1-14(2,11-5-3-6-12(15)9-11)10-16-20(17,18)13-7-4-8-19-13/h3-9,16H,10H2,1-2H3. The van der Waals surface area contributed by atoms with Crippen molar-refractivity contribution in [3.63, 3.8) is 0 Å². The van der Waals surface area contributed by atoms with E-state index in [0.29, 0.717) is 15.8 Å². The summed E-state index contributed by atoms with van der Waals surface area (Å²) in [6, 6.07) is 10.8. The summed E-state index contributed by atoms with van der Waals surface area (Å²) in [5.74, 6) is 0. The van der Waals surface area contributed by atoms with Gasteiger partial charge in [-0.05, 0) is 29.1 Å². The van der Waals surface area contributed by atoms with Gasteiger partial charge in [-0.1, -0.05) is 43.6 Å². The van der Waals surface area contributed by atoms with Crippen LogP contribution in [0.15, 0.2) is 46.0 Å². The lowest BCUT2D eigenvalue weighted by atomic mass is 9.85. The first kappa shape index (κ1) is 15.5. The molecule has 0 atom stereocenters. The molecule has 0 saturated heterocycles. The highest BCUT2D eigenvalue weighted by Crippen LogP contribution is 2.26. The maximum absolute atomic E-state index is 12.1. The molecule has 0 aliphatic heterocycles. The van der Waals surface area contributed by atoms with Crippen molar-refractivity contribution in [2.24, 2.45) is 0 Å². The molecule has 0 aliphatic carbocycles. The summed E-state index contributed by atoms with van der Waals surface area (Å²) in [6.07, 6.45) is 0. The van der Waals surface area contributed by atoms with E-state index in [1.54, 1.807) is 23.6 Å². The van der Waals surface area contributed by atoms with E-state index in [4.69, 9.17) is 11.6 Å². The Hall–Kier alpha value is -0.880. The molecule has 0 unspecified atom stereocenters. The van der Waals surface area contributed by atoms with E-state index in [1.165, 1.54) is 11.3 Å². The van der Waals surface area contributed by atoms with Crippen LogP contribution in [0.3, 0.4) is 0 Å². The molecule has 1 aromatic heterocycles. The summed E-state index contributed by atoms with van der Waals surface area (Å²) in [5.41, 5.74) is 0.661. The van der Waals surface area contributed by atoms with Gasteiger partial charge in [0.1, 0.15) is 4.21 Å². The zero-order valence-electron chi connectivity index (χ0n) is 11.3. The fraction of sp³-hybridized carbons (Fsp3) is 0.286. The van der Waals surface area contributed by atoms with Crippen molar-refractivity contribution in [1.29, 1.82) is 0 Å². The highest BCUT2D eigenvalue weighted by Gasteiger charge is 2.24. The monoisotopic (exact) mass is 329 g/mol. The van der Waals surface area contributed by atoms with Gasteiger partial charge in [-0.15, -0.1) is 11.3 Å². The topological polar surface area (TPSA) is 46.2 Å². The fourth-order valence-electron chi connectivity index (χ4n) is 1.77. The molecule has 0 aliphatic rings. The second-order valence-electron chi connectivity index (χ2n) is 5.15. The quantitative estimate of drug-likeness (QED) is 0.910. The lowest BCUT2D eigenvalue weighted by molar-refractivity contribution is 0.502. The molecule has 0 amide bonds. The summed E-state index contributed by atoms with van der Waals surface area (Å²) in [5, 5.41) is 2.40. The van der Waals surface area contributed by atoms with E-state index in [9.17, 15) is 8.42 Å². The number of rotatable bonds is 5. The third-order valence-corrected chi connectivity index (χ3v) is 6.10. The average molecular weight is 330 g/mol. The van der Waals surface area contributed by atoms with Gasteiger partial charge in [-0.2, -0.15) is 0 Å². The van der Waals surface area contributed by atoms with E-state index in [1.807, 2.05) is 32.0 Å². The first-order valence-electron chi connectivity index (χ1n) is 6.10. The van der Waals surface area contributed by atoms with Crippen LogP contribution in [0.4, 0.5) is 0 Å². The Kier molecular flexibility index (Phi) is 4.54. The lowest BCUT2D eigenvalue weighted by Crippen LogP contribution is -2.36. The van der Waals surface area contributed by atoms with E-state index in [0.717, 1.165) is 5.56 Å². The van der Waals surface area contributed by atoms with Crippen LogP contribution in [-0.4, -0.2) is 15.0 Å². The lowest BCUT2D eigenvalue weighted by Gasteiger charge is -2.25. The second-order valence-corrected chi connectivity index (χ2v) is 8.53. The van der Waals surface area contributed by atoms with Crippen molar-refractivity contribution in [2.45, 2.75) is 23.5 Å². The number of thiophene rings is 1. The predicted octanol–water partition coefficient (Wildman–Crippen LogP) is 3.66. The Labute approximate surface area is 128 Å². The van der Waals surface area contributed by atoms with E-state index >= 15 is 0 Å². The van der Waals surface area contributed by atoms with Crippen LogP contribution in [0.1, 0.15) is 19.4 Å². The van der Waals surface area contributed by atoms with Crippen molar-refractivity contribution in [1.82, 2.24) is 4.72 Å². The fourth-order valence-corrected chi connectivity index (χ4v) is 4.21. The summed E-state index contributed by atoms with van der Waals surface area (Å²) >= 11 is 7.19. The molecule has 0 spiro atoms. The first-order chi connectivity index (χ1) is 9.31. The average Bonchev–Trinajstić information content (AvgIpc) is 2.91. The van der Waals surface area contributed by atoms with Crippen molar-refractivity contribution < 1.29 is 8.42 Å². The van der Waals surface area contributed by atoms with Gasteiger partial charge in [-0.3, -0.25) is 0 Å². The van der Waals surface area contributed by atoms with Gasteiger partial charge in [-0.25, -0.2) is 13.1 Å². The molecule has 6 heteroatoms. The van der Waals surface area contributed by atoms with Gasteiger partial charge < -0.3 is 0 Å². The number of benzene rings is 1. The molecular formula is C14H16ClNO2S2. The van der Waals surface area contributed by atoms with E-state index in [2.05, 4.69) is 4.72 Å². The Balaban J connectivity index is 2.14. The number of hydrogen-bond acceptors (Lipinski definition) is 3. The van der Waals surface area contributed by atoms with E-state index in [-0.39, 0.29) is 5.41 Å². The Morgan fingerprint density at radius 3 is 2.60 bits per heavy atom. The SMILES string of the molecule is CC(C)(CNS(=O)(=O)c1cccs1)c1cccc(Cl)c1. The minimum atomic E-state index is -3.43. The minimum absolute atomic E-state index is 0.313. The maximum Gasteiger partial charge on any atom is 0.250 e. The zero-order valence-corrected chi connectivity index (χ0v) is 13.6. The second kappa shape index (κ2) is 5.85. The van der Waals surface area contributed by atoms with Crippen LogP contribution >= 0.6 is 22.9 Å². The maximum atomic E-state index is 12.1. The minimum Gasteiger partial charge on any atom is -0.210 e. The molecule has 20 heavy (non-hydrogen) atoms. The van der Waals surface area contributed by atoms with Crippen LogP contribution in [0.25, 0.3) is 0 Å². The van der Waals surface area contributed by atoms with Gasteiger partial charge >= 0.3 is 0 Å². The third-order valence-electron chi connectivity index (χ3n) is 3.07. The zero-order chi connectivity index (χ0) is 14.8. The molecule has 0 bridgehead atoms. The van der Waals surface area contributed by atoms with Crippen molar-refractivity contribution >= 4 is 33.0 Å². The van der Waals surface area contributed by atoms with Crippen LogP contribution in [0.2, 0.25) is 5.02 Å². The highest BCUT2D eigenvalue weighted by atomic mass is 35.5. The van der Waals surface area contributed by atoms with Crippen LogP contribution in [0.5, 0.6) is 0 Å². The highest BCUT2D eigenvalue weighted by molar-refractivity contribution is 7.91. The number of halogens is 1. The summed E-state index contributed by atoms with van der Waals surface area (Å²) in [7, 11) is -3.43. The molecule has 1 N–H and O–H groups in total. The largest absolute Gasteiger partial charge is 0.250 e. The Morgan fingerprint density at radius 2 is 2.00 bits per heavy atom. The van der Waals surface area contributed by atoms with Gasteiger partial charge in [0.05, 0.1) is 0 Å². The third kappa shape index (κ3) is 3.61. The summed E-state index contributed by atoms with van der Waals surface area (Å²) < 4.78 is 27.2. The van der Waals surface area contributed by atoms with Crippen molar-refractivity contribution in [3.8, 4) is 0 Å². The normalized spacial score (nSPS) is 12.6. The molecule has 0 fully saturated rings. The molecular weight excluding hydrogens is 314 g/mol. The number of nitrogens with one attached hydrogen (secondary N) is 1. The van der Waals surface area contributed by atoms with Crippen LogP contribution in [0, 0.1) is 0 Å². The Bertz CT molecular complexity index is 679. The molecule has 3 nitrogen and oxygen atoms in total. The van der Waals surface area contributed by atoms with Gasteiger partial charge in [0.2, 0.25) is 10.0 Å². The molecule has 0 radical (unpaired) electrons. The molecule has 1 heterocycles. The van der Waals surface area contributed by atoms with E-state index < -0.39 is 10.0 Å². The first-order valence-corrected chi connectivity index (χ1v) is 8.84. The summed E-state index contributed by atoms with van der Waals surface area (Å²) in [6.45, 7) is 4.28. The van der Waals surface area contributed by atoms with Crippen LogP contribution in [-0.2, 0) is 15.4 Å². The van der Waals surface area contributed by atoms with Crippen LogP contribution < -0.4 is 4.72 Å². The number of sulfonamides is 1. The summed E-state index contributed by atoms with van der Waals surface area (Å²) in [4.78, 5) is 0. The molecule has 1 aromatic carbocycles. The number of hydrogen-bond donors (Lipinski definition) is 1. The smallest absolute Gasteiger partial charge is 0.210 e. The molecule has 0 saturated carbocycles. The van der Waals surface area contributed by atoms with Gasteiger partial charge in [0.15, 0.2) is 0 Å². The predicted molar refractivity (Wildman–Crippen MR) is 84.0 cm³/mol. The molecule has 2 aromatic rings. The van der Waals surface area contributed by atoms with Crippen molar-refractivity contribution in [2.75, 3.05) is 6.54 Å². The molecule has 108 valence electrons. The Morgan fingerprint density at radius 1 is 1.25 bits per heavy atom. The molecule has 2 rings (SSSR count). The van der Waals surface area contributed by atoms with Gasteiger partial charge in [0, 0.05) is 17.0 Å².